The highest BCUT2D eigenvalue weighted by molar-refractivity contribution is 6.79. The molecule has 3 rings (SSSR count). The van der Waals surface area contributed by atoms with Crippen LogP contribution < -0.4 is 0 Å². The third-order valence-corrected chi connectivity index (χ3v) is 9.92. The summed E-state index contributed by atoms with van der Waals surface area (Å²) >= 11 is 0. The molecule has 27 heavy (non-hydrogen) atoms. The van der Waals surface area contributed by atoms with E-state index in [-0.39, 0.29) is 28.6 Å². The Labute approximate surface area is 164 Å². The van der Waals surface area contributed by atoms with Gasteiger partial charge < -0.3 is 23.8 Å². The van der Waals surface area contributed by atoms with Crippen LogP contribution in [0.25, 0.3) is 0 Å². The van der Waals surface area contributed by atoms with Gasteiger partial charge in [-0.05, 0) is 46.5 Å². The summed E-state index contributed by atoms with van der Waals surface area (Å²) in [5, 5.41) is -0.103. The summed E-state index contributed by atoms with van der Waals surface area (Å²) in [5.74, 6) is 0. The highest BCUT2D eigenvalue weighted by Gasteiger charge is 2.65. The minimum absolute atomic E-state index is 0.00949. The van der Waals surface area contributed by atoms with E-state index in [1.807, 2.05) is 0 Å². The third kappa shape index (κ3) is 4.36. The molecule has 0 unspecified atom stereocenters. The number of nitrogens with zero attached hydrogens (tertiary/aromatic N) is 1. The summed E-state index contributed by atoms with van der Waals surface area (Å²) in [6.45, 7) is 13.9. The van der Waals surface area contributed by atoms with Gasteiger partial charge in [0.15, 0.2) is 0 Å². The predicted molar refractivity (Wildman–Crippen MR) is 107 cm³/mol. The first-order chi connectivity index (χ1) is 12.3. The number of amides is 1. The van der Waals surface area contributed by atoms with Gasteiger partial charge in [0.1, 0.15) is 12.7 Å². The van der Waals surface area contributed by atoms with Crippen LogP contribution in [0.4, 0.5) is 4.79 Å². The van der Waals surface area contributed by atoms with Gasteiger partial charge in [-0.2, -0.15) is 0 Å². The molecule has 7 heteroatoms. The van der Waals surface area contributed by atoms with Crippen molar-refractivity contribution in [3.05, 3.63) is 0 Å². The number of carbonyl (C=O) groups excluding carboxylic acids is 1. The standard InChI is InChI=1S/C20H37NO5Si/c1-18(2)14(24-18)9-11-19(3)15(25-19)10-12-20(27(6,7)8)16(26-20)13-23-17(22)21(4)5/h14-16H,9-13H2,1-8H3/t14-,15+,16-,19+,20+/m0/s1. The van der Waals surface area contributed by atoms with Gasteiger partial charge in [-0.25, -0.2) is 4.79 Å². The zero-order chi connectivity index (χ0) is 20.3. The van der Waals surface area contributed by atoms with Crippen molar-refractivity contribution < 1.29 is 23.7 Å². The first kappa shape index (κ1) is 21.1. The normalized spacial score (nSPS) is 39.0. The number of hydrogen-bond acceptors (Lipinski definition) is 5. The highest BCUT2D eigenvalue weighted by atomic mass is 28.3. The van der Waals surface area contributed by atoms with Crippen LogP contribution in [-0.2, 0) is 18.9 Å². The van der Waals surface area contributed by atoms with Gasteiger partial charge in [0, 0.05) is 14.1 Å². The Bertz CT molecular complexity index is 589. The summed E-state index contributed by atoms with van der Waals surface area (Å²) in [6, 6.07) is 0. The lowest BCUT2D eigenvalue weighted by Crippen LogP contribution is -2.45. The Morgan fingerprint density at radius 2 is 1.56 bits per heavy atom. The largest absolute Gasteiger partial charge is 0.447 e. The van der Waals surface area contributed by atoms with E-state index in [4.69, 9.17) is 18.9 Å². The minimum atomic E-state index is -1.57. The van der Waals surface area contributed by atoms with Gasteiger partial charge in [0.2, 0.25) is 0 Å². The average molecular weight is 400 g/mol. The summed E-state index contributed by atoms with van der Waals surface area (Å²) < 4.78 is 23.3. The van der Waals surface area contributed by atoms with Gasteiger partial charge in [-0.1, -0.05) is 19.6 Å². The molecule has 0 bridgehead atoms. The maximum absolute atomic E-state index is 11.7. The molecule has 0 aliphatic carbocycles. The minimum Gasteiger partial charge on any atom is -0.447 e. The molecular formula is C20H37NO5Si. The van der Waals surface area contributed by atoms with Crippen LogP contribution in [0.3, 0.4) is 0 Å². The monoisotopic (exact) mass is 399 g/mol. The molecular weight excluding hydrogens is 362 g/mol. The Hall–Kier alpha value is -0.633. The molecule has 3 heterocycles. The molecule has 0 saturated carbocycles. The smallest absolute Gasteiger partial charge is 0.409 e. The lowest BCUT2D eigenvalue weighted by atomic mass is 9.94. The van der Waals surface area contributed by atoms with Crippen molar-refractivity contribution >= 4 is 14.2 Å². The lowest BCUT2D eigenvalue weighted by Gasteiger charge is -2.26. The zero-order valence-corrected chi connectivity index (χ0v) is 19.3. The second kappa shape index (κ2) is 6.71. The Morgan fingerprint density at radius 3 is 2.07 bits per heavy atom. The fourth-order valence-corrected chi connectivity index (χ4v) is 6.74. The summed E-state index contributed by atoms with van der Waals surface area (Å²) in [6.07, 6.45) is 4.52. The fourth-order valence-electron chi connectivity index (χ4n) is 4.30. The number of ether oxygens (including phenoxy) is 4. The van der Waals surface area contributed by atoms with E-state index in [0.29, 0.717) is 18.8 Å². The van der Waals surface area contributed by atoms with E-state index in [9.17, 15) is 4.79 Å². The predicted octanol–water partition coefficient (Wildman–Crippen LogP) is 3.59. The molecule has 6 nitrogen and oxygen atoms in total. The van der Waals surface area contributed by atoms with Gasteiger partial charge in [-0.15, -0.1) is 0 Å². The summed E-state index contributed by atoms with van der Waals surface area (Å²) in [5.41, 5.74) is 0.0478. The van der Waals surface area contributed by atoms with E-state index >= 15 is 0 Å². The van der Waals surface area contributed by atoms with Gasteiger partial charge in [-0.3, -0.25) is 0 Å². The highest BCUT2D eigenvalue weighted by Crippen LogP contribution is 2.52. The lowest BCUT2D eigenvalue weighted by molar-refractivity contribution is 0.110. The van der Waals surface area contributed by atoms with Crippen LogP contribution in [-0.4, -0.2) is 74.5 Å². The molecule has 3 fully saturated rings. The molecule has 3 aliphatic heterocycles. The van der Waals surface area contributed by atoms with Crippen LogP contribution in [0.5, 0.6) is 0 Å². The Kier molecular flexibility index (Phi) is 5.24. The molecule has 0 spiro atoms. The second-order valence-electron chi connectivity index (χ2n) is 10.4. The molecule has 3 saturated heterocycles. The topological polar surface area (TPSA) is 67.1 Å². The van der Waals surface area contributed by atoms with Crippen LogP contribution in [0.1, 0.15) is 46.5 Å². The molecule has 5 atom stereocenters. The summed E-state index contributed by atoms with van der Waals surface area (Å²) in [7, 11) is 1.82. The average Bonchev–Trinajstić information content (AvgIpc) is 3.45. The second-order valence-corrected chi connectivity index (χ2v) is 15.8. The first-order valence-electron chi connectivity index (χ1n) is 10.2. The number of hydrogen-bond donors (Lipinski definition) is 0. The summed E-state index contributed by atoms with van der Waals surface area (Å²) in [4.78, 5) is 13.2. The molecule has 0 radical (unpaired) electrons. The first-order valence-corrected chi connectivity index (χ1v) is 13.7. The van der Waals surface area contributed by atoms with E-state index in [1.165, 1.54) is 4.90 Å². The van der Waals surface area contributed by atoms with Crippen LogP contribution in [0.15, 0.2) is 0 Å². The zero-order valence-electron chi connectivity index (χ0n) is 18.3. The van der Waals surface area contributed by atoms with Crippen molar-refractivity contribution in [1.82, 2.24) is 4.90 Å². The maximum atomic E-state index is 11.7. The molecule has 156 valence electrons. The van der Waals surface area contributed by atoms with Crippen LogP contribution >= 0.6 is 0 Å². The SMILES string of the molecule is CN(C)C(=O)OC[C@@H]1O[C@]1(CC[C@H]1O[C@]1(C)CC[C@@H]1OC1(C)C)[Si](C)(C)C. The molecule has 3 aliphatic rings. The number of epoxide rings is 3. The van der Waals surface area contributed by atoms with Crippen molar-refractivity contribution in [2.24, 2.45) is 0 Å². The van der Waals surface area contributed by atoms with E-state index in [1.54, 1.807) is 14.1 Å². The van der Waals surface area contributed by atoms with Crippen molar-refractivity contribution in [2.75, 3.05) is 20.7 Å². The van der Waals surface area contributed by atoms with Crippen LogP contribution in [0.2, 0.25) is 19.6 Å². The van der Waals surface area contributed by atoms with Crippen molar-refractivity contribution in [3.8, 4) is 0 Å². The maximum Gasteiger partial charge on any atom is 0.409 e. The van der Waals surface area contributed by atoms with Crippen molar-refractivity contribution in [2.45, 2.75) is 101 Å². The quantitative estimate of drug-likeness (QED) is 0.438. The Morgan fingerprint density at radius 1 is 0.963 bits per heavy atom. The van der Waals surface area contributed by atoms with Gasteiger partial charge >= 0.3 is 6.09 Å². The molecule has 0 aromatic rings. The molecule has 0 aromatic heterocycles. The molecule has 0 N–H and O–H groups in total. The van der Waals surface area contributed by atoms with E-state index in [0.717, 1.165) is 25.7 Å². The third-order valence-electron chi connectivity index (χ3n) is 6.69. The molecule has 1 amide bonds. The van der Waals surface area contributed by atoms with Gasteiger partial charge in [0.25, 0.3) is 0 Å². The van der Waals surface area contributed by atoms with Crippen molar-refractivity contribution in [3.63, 3.8) is 0 Å². The van der Waals surface area contributed by atoms with Crippen molar-refractivity contribution in [1.29, 1.82) is 0 Å². The van der Waals surface area contributed by atoms with E-state index < -0.39 is 8.07 Å². The number of rotatable bonds is 9. The molecule has 0 aromatic carbocycles. The Balaban J connectivity index is 1.46. The van der Waals surface area contributed by atoms with Crippen LogP contribution in [0, 0.1) is 0 Å². The van der Waals surface area contributed by atoms with E-state index in [2.05, 4.69) is 40.4 Å². The van der Waals surface area contributed by atoms with Gasteiger partial charge in [0.05, 0.1) is 36.7 Å². The number of carbonyl (C=O) groups is 1. The fraction of sp³-hybridized carbons (Fsp3) is 0.950.